The van der Waals surface area contributed by atoms with Crippen molar-refractivity contribution in [2.45, 2.75) is 155 Å². The van der Waals surface area contributed by atoms with E-state index in [1.807, 2.05) is 6.92 Å². The standard InChI is InChI=1S/C25H50O2S.C3H6O2/c1-4-6-8-9-10-11-12-13-14-15-16-17-18-19-20-21-23-28-24(3)25(26)27-22-7-5-2;1-2-3(4)5/h24H,4-23H2,1-3H3;2H2,1H3,(H,4,5). The van der Waals surface area contributed by atoms with Crippen LogP contribution in [0.15, 0.2) is 0 Å². The van der Waals surface area contributed by atoms with Crippen LogP contribution in [0, 0.1) is 0 Å². The molecule has 0 saturated carbocycles. The van der Waals surface area contributed by atoms with Crippen molar-refractivity contribution in [1.29, 1.82) is 0 Å². The van der Waals surface area contributed by atoms with Gasteiger partial charge in [-0.25, -0.2) is 0 Å². The summed E-state index contributed by atoms with van der Waals surface area (Å²) < 4.78 is 5.27. The number of carboxylic acids is 1. The van der Waals surface area contributed by atoms with Crippen molar-refractivity contribution in [3.8, 4) is 0 Å². The van der Waals surface area contributed by atoms with Gasteiger partial charge in [0.1, 0.15) is 0 Å². The maximum atomic E-state index is 11.8. The van der Waals surface area contributed by atoms with Crippen LogP contribution >= 0.6 is 11.8 Å². The number of esters is 1. The predicted molar refractivity (Wildman–Crippen MR) is 145 cm³/mol. The Morgan fingerprint density at radius 1 is 0.667 bits per heavy atom. The zero-order chi connectivity index (χ0) is 25.0. The fraction of sp³-hybridized carbons (Fsp3) is 0.929. The first-order valence-corrected chi connectivity index (χ1v) is 15.0. The van der Waals surface area contributed by atoms with Crippen LogP contribution in [0.1, 0.15) is 150 Å². The Balaban J connectivity index is 0. The SMILES string of the molecule is CCC(=O)O.CCCCCCCCCCCCCCCCCCSC(C)C(=O)OCCCC. The molecule has 0 radical (unpaired) electrons. The van der Waals surface area contributed by atoms with Gasteiger partial charge in [0.25, 0.3) is 0 Å². The minimum atomic E-state index is -0.745. The third-order valence-electron chi connectivity index (χ3n) is 5.74. The first-order chi connectivity index (χ1) is 16.0. The zero-order valence-corrected chi connectivity index (χ0v) is 23.3. The van der Waals surface area contributed by atoms with Crippen LogP contribution in [0.3, 0.4) is 0 Å². The van der Waals surface area contributed by atoms with Crippen LogP contribution < -0.4 is 0 Å². The number of unbranched alkanes of at least 4 members (excludes halogenated alkanes) is 16. The second kappa shape index (κ2) is 29.3. The molecule has 198 valence electrons. The fourth-order valence-corrected chi connectivity index (χ4v) is 4.34. The molecular formula is C28H56O4S. The zero-order valence-electron chi connectivity index (χ0n) is 22.5. The summed E-state index contributed by atoms with van der Waals surface area (Å²) in [5, 5.41) is 7.72. The molecule has 0 fully saturated rings. The quantitative estimate of drug-likeness (QED) is 0.115. The van der Waals surface area contributed by atoms with E-state index in [1.54, 1.807) is 18.7 Å². The molecule has 0 heterocycles. The molecular weight excluding hydrogens is 432 g/mol. The van der Waals surface area contributed by atoms with Gasteiger partial charge in [-0.1, -0.05) is 124 Å². The molecule has 0 aromatic heterocycles. The summed E-state index contributed by atoms with van der Waals surface area (Å²) in [7, 11) is 0. The first kappa shape index (κ1) is 34.5. The van der Waals surface area contributed by atoms with Gasteiger partial charge in [0.15, 0.2) is 0 Å². The first-order valence-electron chi connectivity index (χ1n) is 14.0. The highest BCUT2D eigenvalue weighted by atomic mass is 32.2. The molecule has 33 heavy (non-hydrogen) atoms. The Hall–Kier alpha value is -0.710. The maximum Gasteiger partial charge on any atom is 0.318 e. The van der Waals surface area contributed by atoms with Crippen LogP contribution in [0.4, 0.5) is 0 Å². The number of carboxylic acid groups (broad SMARTS) is 1. The Bertz CT molecular complexity index is 415. The van der Waals surface area contributed by atoms with Crippen molar-refractivity contribution in [1.82, 2.24) is 0 Å². The van der Waals surface area contributed by atoms with E-state index in [1.165, 1.54) is 103 Å². The van der Waals surface area contributed by atoms with E-state index in [4.69, 9.17) is 9.84 Å². The van der Waals surface area contributed by atoms with Crippen molar-refractivity contribution < 1.29 is 19.4 Å². The fourth-order valence-electron chi connectivity index (χ4n) is 3.41. The van der Waals surface area contributed by atoms with Gasteiger partial charge in [-0.15, -0.1) is 11.8 Å². The second-order valence-electron chi connectivity index (χ2n) is 9.08. The molecule has 5 heteroatoms. The average Bonchev–Trinajstić information content (AvgIpc) is 2.81. The van der Waals surface area contributed by atoms with Crippen molar-refractivity contribution in [3.05, 3.63) is 0 Å². The summed E-state index contributed by atoms with van der Waals surface area (Å²) in [6.45, 7) is 8.56. The smallest absolute Gasteiger partial charge is 0.318 e. The van der Waals surface area contributed by atoms with Gasteiger partial charge in [-0.3, -0.25) is 9.59 Å². The Morgan fingerprint density at radius 2 is 1.03 bits per heavy atom. The average molecular weight is 489 g/mol. The van der Waals surface area contributed by atoms with Gasteiger partial charge in [-0.2, -0.15) is 0 Å². The van der Waals surface area contributed by atoms with E-state index in [-0.39, 0.29) is 17.6 Å². The molecule has 0 amide bonds. The number of rotatable bonds is 23. The van der Waals surface area contributed by atoms with Crippen molar-refractivity contribution >= 4 is 23.7 Å². The summed E-state index contributed by atoms with van der Waals surface area (Å²) in [5.74, 6) is 0.308. The predicted octanol–water partition coefficient (Wildman–Crippen LogP) is 9.19. The van der Waals surface area contributed by atoms with Crippen LogP contribution in [0.5, 0.6) is 0 Å². The highest BCUT2D eigenvalue weighted by Gasteiger charge is 2.13. The van der Waals surface area contributed by atoms with Crippen LogP contribution in [0.2, 0.25) is 0 Å². The Morgan fingerprint density at radius 3 is 1.39 bits per heavy atom. The van der Waals surface area contributed by atoms with Gasteiger partial charge in [0.05, 0.1) is 11.9 Å². The molecule has 0 rings (SSSR count). The van der Waals surface area contributed by atoms with Crippen LogP contribution in [-0.4, -0.2) is 34.7 Å². The molecule has 1 atom stereocenters. The lowest BCUT2D eigenvalue weighted by Crippen LogP contribution is -2.18. The van der Waals surface area contributed by atoms with Gasteiger partial charge in [0.2, 0.25) is 0 Å². The monoisotopic (exact) mass is 488 g/mol. The van der Waals surface area contributed by atoms with Crippen molar-refractivity contribution in [2.75, 3.05) is 12.4 Å². The summed E-state index contributed by atoms with van der Waals surface area (Å²) in [4.78, 5) is 21.1. The molecule has 1 unspecified atom stereocenters. The topological polar surface area (TPSA) is 63.6 Å². The normalized spacial score (nSPS) is 11.5. The molecule has 0 spiro atoms. The minimum absolute atomic E-state index is 0.00630. The highest BCUT2D eigenvalue weighted by Crippen LogP contribution is 2.17. The van der Waals surface area contributed by atoms with Gasteiger partial charge in [-0.05, 0) is 25.5 Å². The summed E-state index contributed by atoms with van der Waals surface area (Å²) in [6.07, 6.45) is 24.7. The summed E-state index contributed by atoms with van der Waals surface area (Å²) in [5.41, 5.74) is 0. The molecule has 0 saturated heterocycles. The molecule has 0 aliphatic heterocycles. The highest BCUT2D eigenvalue weighted by molar-refractivity contribution is 8.00. The molecule has 0 aliphatic carbocycles. The van der Waals surface area contributed by atoms with E-state index in [9.17, 15) is 9.59 Å². The number of ether oxygens (including phenoxy) is 1. The number of carbonyl (C=O) groups is 2. The van der Waals surface area contributed by atoms with E-state index >= 15 is 0 Å². The van der Waals surface area contributed by atoms with Gasteiger partial charge < -0.3 is 9.84 Å². The molecule has 0 aliphatic rings. The number of carbonyl (C=O) groups excluding carboxylic acids is 1. The lowest BCUT2D eigenvalue weighted by atomic mass is 10.0. The van der Waals surface area contributed by atoms with E-state index in [2.05, 4.69) is 13.8 Å². The third-order valence-corrected chi connectivity index (χ3v) is 6.96. The second-order valence-corrected chi connectivity index (χ2v) is 10.5. The Labute approximate surface area is 210 Å². The molecule has 1 N–H and O–H groups in total. The molecule has 0 aromatic carbocycles. The lowest BCUT2D eigenvalue weighted by molar-refractivity contribution is -0.142. The number of hydrogen-bond acceptors (Lipinski definition) is 4. The largest absolute Gasteiger partial charge is 0.481 e. The third kappa shape index (κ3) is 31.3. The molecule has 4 nitrogen and oxygen atoms in total. The van der Waals surface area contributed by atoms with Gasteiger partial charge >= 0.3 is 11.9 Å². The number of hydrogen-bond donors (Lipinski definition) is 1. The van der Waals surface area contributed by atoms with Crippen molar-refractivity contribution in [2.24, 2.45) is 0 Å². The lowest BCUT2D eigenvalue weighted by Gasteiger charge is -2.10. The van der Waals surface area contributed by atoms with E-state index < -0.39 is 5.97 Å². The number of aliphatic carboxylic acids is 1. The van der Waals surface area contributed by atoms with Gasteiger partial charge in [0, 0.05) is 6.42 Å². The Kier molecular flexibility index (Phi) is 30.6. The van der Waals surface area contributed by atoms with Crippen LogP contribution in [-0.2, 0) is 14.3 Å². The van der Waals surface area contributed by atoms with Crippen LogP contribution in [0.25, 0.3) is 0 Å². The minimum Gasteiger partial charge on any atom is -0.481 e. The summed E-state index contributed by atoms with van der Waals surface area (Å²) in [6, 6.07) is 0. The number of thioether (sulfide) groups is 1. The van der Waals surface area contributed by atoms with Crippen molar-refractivity contribution in [3.63, 3.8) is 0 Å². The molecule has 0 bridgehead atoms. The maximum absolute atomic E-state index is 11.8. The molecule has 0 aromatic rings. The summed E-state index contributed by atoms with van der Waals surface area (Å²) >= 11 is 1.75. The van der Waals surface area contributed by atoms with E-state index in [0.29, 0.717) is 6.61 Å². The van der Waals surface area contributed by atoms with E-state index in [0.717, 1.165) is 18.6 Å².